The van der Waals surface area contributed by atoms with Crippen LogP contribution in [0.2, 0.25) is 0 Å². The Labute approximate surface area is 303 Å². The molecule has 0 bridgehead atoms. The molecule has 0 radical (unpaired) electrons. The van der Waals surface area contributed by atoms with Crippen LogP contribution >= 0.6 is 30.8 Å². The lowest BCUT2D eigenvalue weighted by Gasteiger charge is -2.27. The van der Waals surface area contributed by atoms with Crippen molar-refractivity contribution in [2.45, 2.75) is 89.1 Å². The number of ether oxygens (including phenoxy) is 4. The minimum atomic E-state index is -2.75. The van der Waals surface area contributed by atoms with Gasteiger partial charge >= 0.3 is 14.1 Å². The zero-order valence-electron chi connectivity index (χ0n) is 28.1. The number of nitrogens with zero attached hydrogens (tertiary/aromatic N) is 5. The standard InChI is InChI=1S/C33H40IN6O9P/c1-17(2)23(29(42)47-19-11-6-5-7-12-19)39-50(44)49-25-20-13-9-8-10-18(20)14-15-21(25)46-16-22-26(41)33(3,43)30(48-22)40-27-24(36-31(40)34)28(45-4)38-32(35)37-27/h8-10,13-15,17,19,22-23,26,30,41,43H,5-7,11-12,16H2,1-4H3,(H2,35,37,38)/t22-,23+,26-,30-,33-/m1/s1. The fourth-order valence-corrected chi connectivity index (χ4v) is 8.00. The molecule has 6 rings (SSSR count). The third-order valence-electron chi connectivity index (χ3n) is 9.01. The monoisotopic (exact) mass is 822 g/mol. The summed E-state index contributed by atoms with van der Waals surface area (Å²) in [6.07, 6.45) is 0.970. The minimum Gasteiger partial charge on any atom is -0.575 e. The predicted molar refractivity (Wildman–Crippen MR) is 191 cm³/mol. The number of nitrogen functional groups attached to an aromatic ring is 1. The fraction of sp³-hybridized carbons (Fsp3) is 0.515. The molecule has 1 saturated heterocycles. The van der Waals surface area contributed by atoms with Gasteiger partial charge in [-0.3, -0.25) is 9.09 Å². The molecule has 4 N–H and O–H groups in total. The van der Waals surface area contributed by atoms with Crippen LogP contribution in [0.5, 0.6) is 17.4 Å². The fourth-order valence-electron chi connectivity index (χ4n) is 6.32. The number of carbonyl (C=O) groups is 1. The highest BCUT2D eigenvalue weighted by Crippen LogP contribution is 2.44. The van der Waals surface area contributed by atoms with E-state index in [4.69, 9.17) is 29.2 Å². The highest BCUT2D eigenvalue weighted by molar-refractivity contribution is 14.1. The number of imidazole rings is 1. The van der Waals surface area contributed by atoms with Gasteiger partial charge in [-0.25, -0.2) is 9.78 Å². The number of nitrogens with two attached hydrogens (primary N) is 1. The first-order valence-electron chi connectivity index (χ1n) is 16.4. The summed E-state index contributed by atoms with van der Waals surface area (Å²) in [5, 5.41) is 24.2. The second-order valence-electron chi connectivity index (χ2n) is 13.0. The average molecular weight is 823 g/mol. The zero-order valence-corrected chi connectivity index (χ0v) is 31.1. The van der Waals surface area contributed by atoms with Gasteiger partial charge in [-0.05, 0) is 50.0 Å². The van der Waals surface area contributed by atoms with Gasteiger partial charge in [0.25, 0.3) is 0 Å². The largest absolute Gasteiger partial charge is 0.575 e. The summed E-state index contributed by atoms with van der Waals surface area (Å²) < 4.78 is 35.5. The first kappa shape index (κ1) is 36.4. The smallest absolute Gasteiger partial charge is 0.395 e. The van der Waals surface area contributed by atoms with Gasteiger partial charge in [-0.1, -0.05) is 55.3 Å². The summed E-state index contributed by atoms with van der Waals surface area (Å²) in [5.74, 6) is -0.383. The maximum atomic E-state index is 13.5. The molecule has 1 saturated carbocycles. The maximum Gasteiger partial charge on any atom is 0.395 e. The number of hydrogen-bond acceptors (Lipinski definition) is 14. The van der Waals surface area contributed by atoms with Gasteiger partial charge in [0.2, 0.25) is 17.6 Å². The summed E-state index contributed by atoms with van der Waals surface area (Å²) >= 11 is 1.96. The van der Waals surface area contributed by atoms with E-state index < -0.39 is 44.2 Å². The first-order chi connectivity index (χ1) is 23.9. The van der Waals surface area contributed by atoms with E-state index in [1.54, 1.807) is 18.2 Å². The average Bonchev–Trinajstić information content (AvgIpc) is 3.52. The summed E-state index contributed by atoms with van der Waals surface area (Å²) in [6.45, 7) is 4.83. The quantitative estimate of drug-likeness (QED) is 0.0831. The highest BCUT2D eigenvalue weighted by Gasteiger charge is 2.54. The Balaban J connectivity index is 1.25. The van der Waals surface area contributed by atoms with Crippen LogP contribution in [0.15, 0.2) is 41.1 Å². The van der Waals surface area contributed by atoms with E-state index in [1.807, 2.05) is 54.6 Å². The molecule has 1 unspecified atom stereocenters. The van der Waals surface area contributed by atoms with Gasteiger partial charge in [0.05, 0.1) is 7.11 Å². The van der Waals surface area contributed by atoms with Crippen LogP contribution in [0.1, 0.15) is 59.1 Å². The zero-order chi connectivity index (χ0) is 35.7. The molecule has 50 heavy (non-hydrogen) atoms. The van der Waals surface area contributed by atoms with Crippen molar-refractivity contribution in [3.8, 4) is 17.4 Å². The van der Waals surface area contributed by atoms with Crippen molar-refractivity contribution in [1.29, 1.82) is 0 Å². The van der Waals surface area contributed by atoms with Crippen LogP contribution in [0.25, 0.3) is 21.9 Å². The Morgan fingerprint density at radius 2 is 1.94 bits per heavy atom. The van der Waals surface area contributed by atoms with Crippen LogP contribution in [0, 0.1) is 9.75 Å². The molecule has 3 heterocycles. The normalized spacial score (nSPS) is 23.8. The molecular formula is C33H40IN6O9P. The molecule has 2 fully saturated rings. The van der Waals surface area contributed by atoms with E-state index in [0.717, 1.165) is 37.5 Å². The molecule has 15 nitrogen and oxygen atoms in total. The van der Waals surface area contributed by atoms with Gasteiger partial charge in [0, 0.05) is 28.0 Å². The number of benzene rings is 2. The molecule has 17 heteroatoms. The van der Waals surface area contributed by atoms with Crippen molar-refractivity contribution in [3.05, 3.63) is 40.2 Å². The third kappa shape index (κ3) is 7.32. The number of halogens is 1. The lowest BCUT2D eigenvalue weighted by molar-refractivity contribution is -0.170. The number of aromatic nitrogens is 4. The molecule has 2 aromatic carbocycles. The van der Waals surface area contributed by atoms with Gasteiger partial charge in [0.15, 0.2) is 33.0 Å². The van der Waals surface area contributed by atoms with Gasteiger partial charge < -0.3 is 39.8 Å². The Morgan fingerprint density at radius 1 is 1.20 bits per heavy atom. The predicted octanol–water partition coefficient (Wildman–Crippen LogP) is 4.40. The molecule has 0 spiro atoms. The number of esters is 1. The summed E-state index contributed by atoms with van der Waals surface area (Å²) in [6, 6.07) is 9.78. The molecule has 1 aliphatic carbocycles. The van der Waals surface area contributed by atoms with Crippen molar-refractivity contribution in [3.63, 3.8) is 0 Å². The summed E-state index contributed by atoms with van der Waals surface area (Å²) in [7, 11) is -1.32. The number of hydrogen-bond donors (Lipinski definition) is 3. The van der Waals surface area contributed by atoms with Gasteiger partial charge in [-0.2, -0.15) is 9.97 Å². The number of aliphatic hydroxyl groups excluding tert-OH is 1. The number of aliphatic hydroxyl groups is 2. The molecule has 1 aliphatic heterocycles. The second kappa shape index (κ2) is 15.1. The van der Waals surface area contributed by atoms with E-state index in [-0.39, 0.29) is 47.6 Å². The molecule has 268 valence electrons. The van der Waals surface area contributed by atoms with E-state index in [0.29, 0.717) is 14.7 Å². The lowest BCUT2D eigenvalue weighted by Crippen LogP contribution is -2.45. The van der Waals surface area contributed by atoms with Crippen LogP contribution in [-0.4, -0.2) is 79.4 Å². The number of anilines is 1. The van der Waals surface area contributed by atoms with E-state index in [1.165, 1.54) is 18.6 Å². The van der Waals surface area contributed by atoms with E-state index in [2.05, 4.69) is 19.7 Å². The number of carbonyl (C=O) groups excluding carboxylic acids is 1. The van der Waals surface area contributed by atoms with Crippen LogP contribution in [0.3, 0.4) is 0 Å². The number of rotatable bonds is 11. The summed E-state index contributed by atoms with van der Waals surface area (Å²) in [4.78, 5) is 39.4. The first-order valence-corrected chi connectivity index (χ1v) is 18.6. The summed E-state index contributed by atoms with van der Waals surface area (Å²) in [5.41, 5.74) is 4.64. The molecule has 2 aliphatic rings. The molecule has 4 aromatic rings. The molecular weight excluding hydrogens is 782 g/mol. The molecule has 0 amide bonds. The van der Waals surface area contributed by atoms with Crippen molar-refractivity contribution >= 4 is 64.6 Å². The van der Waals surface area contributed by atoms with E-state index in [9.17, 15) is 19.9 Å². The van der Waals surface area contributed by atoms with Crippen LogP contribution < -0.4 is 24.6 Å². The SMILES string of the molecule is COc1nc(N)nc2c1nc(I)n2[C@@H]1O[C@H](COc2ccc3ccccc3c2O/[P+]([O-])=N/[C@H](C(=O)OC2CCCCC2)C(C)C)[C@@H](O)[C@@]1(C)O. The van der Waals surface area contributed by atoms with Gasteiger partial charge in [0.1, 0.15) is 30.5 Å². The highest BCUT2D eigenvalue weighted by atomic mass is 127. The number of methoxy groups -OCH3 is 1. The molecule has 2 aromatic heterocycles. The van der Waals surface area contributed by atoms with Crippen LogP contribution in [-0.2, 0) is 14.3 Å². The Kier molecular flexibility index (Phi) is 11.0. The molecule has 6 atom stereocenters. The number of fused-ring (bicyclic) bond motifs is 2. The van der Waals surface area contributed by atoms with Gasteiger partial charge in [-0.15, -0.1) is 0 Å². The second-order valence-corrected chi connectivity index (χ2v) is 14.8. The third-order valence-corrected chi connectivity index (χ3v) is 10.5. The Hall–Kier alpha value is -3.41. The van der Waals surface area contributed by atoms with Crippen molar-refractivity contribution < 1.29 is 43.4 Å². The topological polar surface area (TPSA) is 209 Å². The van der Waals surface area contributed by atoms with E-state index >= 15 is 0 Å². The lowest BCUT2D eigenvalue weighted by atomic mass is 9.96. The Morgan fingerprint density at radius 3 is 2.66 bits per heavy atom. The van der Waals surface area contributed by atoms with Crippen molar-refractivity contribution in [1.82, 2.24) is 19.5 Å². The maximum absolute atomic E-state index is 13.5. The van der Waals surface area contributed by atoms with Crippen LogP contribution in [0.4, 0.5) is 5.95 Å². The van der Waals surface area contributed by atoms with Crippen molar-refractivity contribution in [2.75, 3.05) is 19.5 Å². The van der Waals surface area contributed by atoms with Crippen molar-refractivity contribution in [2.24, 2.45) is 10.7 Å². The Bertz CT molecular complexity index is 1900. The minimum absolute atomic E-state index is 0.0697.